The lowest BCUT2D eigenvalue weighted by molar-refractivity contribution is 0.0600. The van der Waals surface area contributed by atoms with E-state index in [1.807, 2.05) is 23.1 Å². The van der Waals surface area contributed by atoms with E-state index in [-0.39, 0.29) is 18.3 Å². The number of benzene rings is 1. The molecule has 2 rings (SSSR count). The molecule has 106 valence electrons. The third-order valence-corrected chi connectivity index (χ3v) is 3.64. The minimum absolute atomic E-state index is 0. The number of carbonyl (C=O) groups excluding carboxylic acids is 1. The first-order valence-electron chi connectivity index (χ1n) is 6.89. The minimum Gasteiger partial charge on any atom is -0.399 e. The topological polar surface area (TPSA) is 46.3 Å². The molecule has 1 aromatic carbocycles. The highest BCUT2D eigenvalue weighted by Crippen LogP contribution is 2.23. The van der Waals surface area contributed by atoms with Crippen LogP contribution in [0.1, 0.15) is 49.4 Å². The number of nitrogens with two attached hydrogens (primary N) is 1. The number of nitrogens with zero attached hydrogens (tertiary/aromatic N) is 1. The van der Waals surface area contributed by atoms with Crippen LogP contribution in [0.25, 0.3) is 0 Å². The van der Waals surface area contributed by atoms with Crippen molar-refractivity contribution in [2.24, 2.45) is 0 Å². The summed E-state index contributed by atoms with van der Waals surface area (Å²) in [4.78, 5) is 14.6. The summed E-state index contributed by atoms with van der Waals surface area (Å²) in [6, 6.07) is 7.71. The standard InChI is InChI=1S/C15H22N2O.ClH/c1-2-6-14-9-3-4-10-17(14)15(18)12-7-5-8-13(16)11-12;/h5,7-8,11,14H,2-4,6,9-10,16H2,1H3;1H. The monoisotopic (exact) mass is 282 g/mol. The maximum atomic E-state index is 12.5. The number of piperidine rings is 1. The third kappa shape index (κ3) is 3.87. The molecule has 19 heavy (non-hydrogen) atoms. The largest absolute Gasteiger partial charge is 0.399 e. The van der Waals surface area contributed by atoms with Gasteiger partial charge in [0, 0.05) is 23.8 Å². The average Bonchev–Trinajstić information content (AvgIpc) is 2.39. The van der Waals surface area contributed by atoms with Crippen LogP contribution in [0.3, 0.4) is 0 Å². The highest BCUT2D eigenvalue weighted by atomic mass is 35.5. The molecule has 0 aliphatic carbocycles. The average molecular weight is 283 g/mol. The molecular weight excluding hydrogens is 260 g/mol. The fourth-order valence-corrected chi connectivity index (χ4v) is 2.74. The number of amides is 1. The molecule has 0 spiro atoms. The summed E-state index contributed by atoms with van der Waals surface area (Å²) < 4.78 is 0. The van der Waals surface area contributed by atoms with Gasteiger partial charge in [0.05, 0.1) is 0 Å². The molecule has 1 unspecified atom stereocenters. The second kappa shape index (κ2) is 7.39. The predicted molar refractivity (Wildman–Crippen MR) is 81.7 cm³/mol. The van der Waals surface area contributed by atoms with Gasteiger partial charge in [0.2, 0.25) is 0 Å². The molecule has 1 aliphatic rings. The van der Waals surface area contributed by atoms with E-state index in [1.54, 1.807) is 6.07 Å². The van der Waals surface area contributed by atoms with E-state index < -0.39 is 0 Å². The molecule has 2 N–H and O–H groups in total. The molecule has 0 bridgehead atoms. The molecule has 4 heteroatoms. The Bertz CT molecular complexity index is 420. The van der Waals surface area contributed by atoms with Crippen molar-refractivity contribution in [2.45, 2.75) is 45.1 Å². The number of likely N-dealkylation sites (tertiary alicyclic amines) is 1. The SMILES string of the molecule is CCCC1CCCCN1C(=O)c1cccc(N)c1.Cl. The molecule has 1 amide bonds. The molecule has 3 nitrogen and oxygen atoms in total. The lowest BCUT2D eigenvalue weighted by Crippen LogP contribution is -2.43. The van der Waals surface area contributed by atoms with E-state index >= 15 is 0 Å². The Balaban J connectivity index is 0.00000180. The summed E-state index contributed by atoms with van der Waals surface area (Å²) in [5.74, 6) is 0.139. The van der Waals surface area contributed by atoms with Gasteiger partial charge in [-0.05, 0) is 43.9 Å². The molecule has 0 saturated carbocycles. The van der Waals surface area contributed by atoms with Crippen molar-refractivity contribution in [3.05, 3.63) is 29.8 Å². The Morgan fingerprint density at radius 3 is 2.89 bits per heavy atom. The molecule has 1 heterocycles. The van der Waals surface area contributed by atoms with Crippen LogP contribution in [-0.2, 0) is 0 Å². The van der Waals surface area contributed by atoms with Crippen molar-refractivity contribution in [2.75, 3.05) is 12.3 Å². The van der Waals surface area contributed by atoms with Crippen LogP contribution in [0, 0.1) is 0 Å². The highest BCUT2D eigenvalue weighted by Gasteiger charge is 2.26. The molecule has 0 aromatic heterocycles. The van der Waals surface area contributed by atoms with Gasteiger partial charge >= 0.3 is 0 Å². The number of anilines is 1. The van der Waals surface area contributed by atoms with Gasteiger partial charge in [0.1, 0.15) is 0 Å². The molecule has 1 fully saturated rings. The van der Waals surface area contributed by atoms with Gasteiger partial charge in [-0.25, -0.2) is 0 Å². The first-order valence-corrected chi connectivity index (χ1v) is 6.89. The van der Waals surface area contributed by atoms with Crippen LogP contribution in [0.15, 0.2) is 24.3 Å². The second-order valence-electron chi connectivity index (χ2n) is 5.06. The summed E-state index contributed by atoms with van der Waals surface area (Å²) in [6.07, 6.45) is 5.74. The summed E-state index contributed by atoms with van der Waals surface area (Å²) in [7, 11) is 0. The molecular formula is C15H23ClN2O. The van der Waals surface area contributed by atoms with Crippen molar-refractivity contribution in [3.63, 3.8) is 0 Å². The van der Waals surface area contributed by atoms with Gasteiger partial charge in [-0.15, -0.1) is 12.4 Å². The van der Waals surface area contributed by atoms with Crippen LogP contribution in [0.2, 0.25) is 0 Å². The third-order valence-electron chi connectivity index (χ3n) is 3.64. The molecule has 1 aromatic rings. The Kier molecular flexibility index (Phi) is 6.16. The van der Waals surface area contributed by atoms with Gasteiger partial charge in [-0.2, -0.15) is 0 Å². The Hall–Kier alpha value is -1.22. The Labute approximate surface area is 121 Å². The zero-order valence-corrected chi connectivity index (χ0v) is 12.3. The normalized spacial score (nSPS) is 18.8. The number of nitrogen functional groups attached to an aromatic ring is 1. The van der Waals surface area contributed by atoms with Crippen molar-refractivity contribution in [1.29, 1.82) is 0 Å². The maximum Gasteiger partial charge on any atom is 0.254 e. The smallest absolute Gasteiger partial charge is 0.254 e. The number of hydrogen-bond donors (Lipinski definition) is 1. The van der Waals surface area contributed by atoms with E-state index in [9.17, 15) is 4.79 Å². The fourth-order valence-electron chi connectivity index (χ4n) is 2.74. The van der Waals surface area contributed by atoms with E-state index in [2.05, 4.69) is 6.92 Å². The second-order valence-corrected chi connectivity index (χ2v) is 5.06. The van der Waals surface area contributed by atoms with Gasteiger partial charge in [-0.3, -0.25) is 4.79 Å². The van der Waals surface area contributed by atoms with Crippen molar-refractivity contribution in [1.82, 2.24) is 4.90 Å². The summed E-state index contributed by atoms with van der Waals surface area (Å²) in [5.41, 5.74) is 7.13. The van der Waals surface area contributed by atoms with Gasteiger partial charge in [0.25, 0.3) is 5.91 Å². The maximum absolute atomic E-state index is 12.5. The van der Waals surface area contributed by atoms with E-state index in [0.29, 0.717) is 11.7 Å². The van der Waals surface area contributed by atoms with Gasteiger partial charge in [0.15, 0.2) is 0 Å². The minimum atomic E-state index is 0. The Morgan fingerprint density at radius 1 is 1.42 bits per heavy atom. The van der Waals surface area contributed by atoms with E-state index in [4.69, 9.17) is 5.73 Å². The summed E-state index contributed by atoms with van der Waals surface area (Å²) in [5, 5.41) is 0. The van der Waals surface area contributed by atoms with E-state index in [1.165, 1.54) is 6.42 Å². The quantitative estimate of drug-likeness (QED) is 0.863. The van der Waals surface area contributed by atoms with Crippen LogP contribution in [0.4, 0.5) is 5.69 Å². The van der Waals surface area contributed by atoms with Gasteiger partial charge < -0.3 is 10.6 Å². The van der Waals surface area contributed by atoms with Gasteiger partial charge in [-0.1, -0.05) is 19.4 Å². The van der Waals surface area contributed by atoms with Crippen molar-refractivity contribution < 1.29 is 4.79 Å². The molecule has 1 atom stereocenters. The van der Waals surface area contributed by atoms with E-state index in [0.717, 1.165) is 37.8 Å². The molecule has 1 saturated heterocycles. The van der Waals surface area contributed by atoms with Crippen LogP contribution < -0.4 is 5.73 Å². The lowest BCUT2D eigenvalue weighted by atomic mass is 9.97. The van der Waals surface area contributed by atoms with Crippen LogP contribution in [-0.4, -0.2) is 23.4 Å². The molecule has 1 aliphatic heterocycles. The molecule has 0 radical (unpaired) electrons. The van der Waals surface area contributed by atoms with Crippen LogP contribution >= 0.6 is 12.4 Å². The lowest BCUT2D eigenvalue weighted by Gasteiger charge is -2.36. The number of rotatable bonds is 3. The fraction of sp³-hybridized carbons (Fsp3) is 0.533. The first kappa shape index (κ1) is 15.8. The zero-order valence-electron chi connectivity index (χ0n) is 11.5. The van der Waals surface area contributed by atoms with Crippen molar-refractivity contribution >= 4 is 24.0 Å². The first-order chi connectivity index (χ1) is 8.72. The summed E-state index contributed by atoms with van der Waals surface area (Å²) in [6.45, 7) is 3.07. The predicted octanol–water partition coefficient (Wildman–Crippen LogP) is 3.49. The number of halogens is 1. The van der Waals surface area contributed by atoms with Crippen LogP contribution in [0.5, 0.6) is 0 Å². The van der Waals surface area contributed by atoms with Crippen molar-refractivity contribution in [3.8, 4) is 0 Å². The Morgan fingerprint density at radius 2 is 2.21 bits per heavy atom. The number of hydrogen-bond acceptors (Lipinski definition) is 2. The number of carbonyl (C=O) groups is 1. The highest BCUT2D eigenvalue weighted by molar-refractivity contribution is 5.95. The zero-order chi connectivity index (χ0) is 13.0. The summed E-state index contributed by atoms with van der Waals surface area (Å²) >= 11 is 0.